The van der Waals surface area contributed by atoms with Gasteiger partial charge in [-0.05, 0) is 68.8 Å². The molecule has 3 heteroatoms. The van der Waals surface area contributed by atoms with E-state index < -0.39 is 0 Å². The second-order valence-corrected chi connectivity index (χ2v) is 7.83. The van der Waals surface area contributed by atoms with E-state index in [9.17, 15) is 0 Å². The summed E-state index contributed by atoms with van der Waals surface area (Å²) in [5.74, 6) is 0. The van der Waals surface area contributed by atoms with Gasteiger partial charge in [0.05, 0.1) is 0 Å². The Morgan fingerprint density at radius 1 is 1.00 bits per heavy atom. The van der Waals surface area contributed by atoms with Gasteiger partial charge >= 0.3 is 0 Å². The normalized spacial score (nSPS) is 27.1. The molecule has 3 rings (SSSR count). The van der Waals surface area contributed by atoms with Crippen LogP contribution >= 0.6 is 11.6 Å². The monoisotopic (exact) mass is 342 g/mol. The number of halogens is 1. The molecule has 2 aromatic rings. The molecule has 0 aliphatic heterocycles. The molecule has 0 unspecified atom stereocenters. The Labute approximate surface area is 150 Å². The van der Waals surface area contributed by atoms with Gasteiger partial charge in [-0.3, -0.25) is 0 Å². The molecule has 3 N–H and O–H groups in total. The van der Waals surface area contributed by atoms with E-state index in [-0.39, 0.29) is 11.1 Å². The maximum absolute atomic E-state index is 6.70. The van der Waals surface area contributed by atoms with Crippen LogP contribution in [0, 0.1) is 0 Å². The van der Waals surface area contributed by atoms with Gasteiger partial charge in [0.2, 0.25) is 0 Å². The standard InChI is InChI=1S/C21H27ClN2/c1-20(24-15-10-17-6-3-2-4-7-17)11-13-21(23,14-12-20)18-8-5-9-19(22)16-18/h2-9,16,24H,10-15,23H2,1H3. The molecule has 1 saturated carbocycles. The van der Waals surface area contributed by atoms with Crippen LogP contribution in [-0.4, -0.2) is 12.1 Å². The van der Waals surface area contributed by atoms with Gasteiger partial charge in [0.25, 0.3) is 0 Å². The molecule has 0 saturated heterocycles. The minimum Gasteiger partial charge on any atom is -0.321 e. The van der Waals surface area contributed by atoms with E-state index in [0.29, 0.717) is 0 Å². The maximum atomic E-state index is 6.70. The largest absolute Gasteiger partial charge is 0.321 e. The van der Waals surface area contributed by atoms with E-state index in [1.807, 2.05) is 18.2 Å². The minimum absolute atomic E-state index is 0.177. The van der Waals surface area contributed by atoms with Gasteiger partial charge < -0.3 is 11.1 Å². The molecular formula is C21H27ClN2. The molecule has 128 valence electrons. The summed E-state index contributed by atoms with van der Waals surface area (Å²) in [6.07, 6.45) is 5.22. The highest BCUT2D eigenvalue weighted by atomic mass is 35.5. The SMILES string of the molecule is CC1(NCCc2ccccc2)CCC(N)(c2cccc(Cl)c2)CC1. The van der Waals surface area contributed by atoms with E-state index >= 15 is 0 Å². The van der Waals surface area contributed by atoms with Crippen molar-refractivity contribution in [3.63, 3.8) is 0 Å². The number of nitrogens with two attached hydrogens (primary N) is 1. The highest BCUT2D eigenvalue weighted by Crippen LogP contribution is 2.39. The Morgan fingerprint density at radius 2 is 1.71 bits per heavy atom. The minimum atomic E-state index is -0.245. The number of hydrogen-bond acceptors (Lipinski definition) is 2. The molecular weight excluding hydrogens is 316 g/mol. The number of hydrogen-bond donors (Lipinski definition) is 2. The van der Waals surface area contributed by atoms with Crippen LogP contribution in [0.5, 0.6) is 0 Å². The molecule has 1 aliphatic carbocycles. The summed E-state index contributed by atoms with van der Waals surface area (Å²) in [6.45, 7) is 3.34. The lowest BCUT2D eigenvalue weighted by Crippen LogP contribution is -2.52. The van der Waals surface area contributed by atoms with Gasteiger partial charge in [0, 0.05) is 16.1 Å². The first-order chi connectivity index (χ1) is 11.5. The second kappa shape index (κ2) is 7.26. The van der Waals surface area contributed by atoms with Crippen LogP contribution in [0.1, 0.15) is 43.7 Å². The molecule has 0 heterocycles. The molecule has 0 atom stereocenters. The van der Waals surface area contributed by atoms with Crippen molar-refractivity contribution in [1.82, 2.24) is 5.32 Å². The van der Waals surface area contributed by atoms with E-state index in [1.165, 1.54) is 11.1 Å². The van der Waals surface area contributed by atoms with Crippen LogP contribution in [0.25, 0.3) is 0 Å². The fourth-order valence-corrected chi connectivity index (χ4v) is 3.86. The second-order valence-electron chi connectivity index (χ2n) is 7.39. The Balaban J connectivity index is 1.55. The predicted molar refractivity (Wildman–Crippen MR) is 102 cm³/mol. The lowest BCUT2D eigenvalue weighted by molar-refractivity contribution is 0.180. The summed E-state index contributed by atoms with van der Waals surface area (Å²) >= 11 is 6.14. The van der Waals surface area contributed by atoms with Gasteiger partial charge in [0.1, 0.15) is 0 Å². The number of benzene rings is 2. The van der Waals surface area contributed by atoms with Crippen molar-refractivity contribution in [1.29, 1.82) is 0 Å². The molecule has 0 bridgehead atoms. The van der Waals surface area contributed by atoms with Gasteiger partial charge in [-0.1, -0.05) is 54.1 Å². The third kappa shape index (κ3) is 4.18. The first-order valence-electron chi connectivity index (χ1n) is 8.83. The van der Waals surface area contributed by atoms with Gasteiger partial charge in [0.15, 0.2) is 0 Å². The van der Waals surface area contributed by atoms with Crippen molar-refractivity contribution < 1.29 is 0 Å². The molecule has 0 aromatic heterocycles. The van der Waals surface area contributed by atoms with Gasteiger partial charge in [-0.2, -0.15) is 0 Å². The van der Waals surface area contributed by atoms with Crippen molar-refractivity contribution >= 4 is 11.6 Å². The topological polar surface area (TPSA) is 38.0 Å². The van der Waals surface area contributed by atoms with Gasteiger partial charge in [-0.25, -0.2) is 0 Å². The van der Waals surface area contributed by atoms with Crippen LogP contribution in [0.15, 0.2) is 54.6 Å². The molecule has 2 aromatic carbocycles. The first-order valence-corrected chi connectivity index (χ1v) is 9.21. The Morgan fingerprint density at radius 3 is 2.38 bits per heavy atom. The molecule has 1 fully saturated rings. The van der Waals surface area contributed by atoms with Crippen LogP contribution in [-0.2, 0) is 12.0 Å². The zero-order valence-corrected chi connectivity index (χ0v) is 15.2. The van der Waals surface area contributed by atoms with Crippen LogP contribution in [0.2, 0.25) is 5.02 Å². The Kier molecular flexibility index (Phi) is 5.29. The zero-order chi connectivity index (χ0) is 17.0. The van der Waals surface area contributed by atoms with Crippen molar-refractivity contribution in [2.75, 3.05) is 6.54 Å². The maximum Gasteiger partial charge on any atom is 0.0411 e. The van der Waals surface area contributed by atoms with E-state index in [4.69, 9.17) is 17.3 Å². The summed E-state index contributed by atoms with van der Waals surface area (Å²) in [5.41, 5.74) is 9.19. The summed E-state index contributed by atoms with van der Waals surface area (Å²) in [7, 11) is 0. The third-order valence-electron chi connectivity index (χ3n) is 5.45. The van der Waals surface area contributed by atoms with Crippen molar-refractivity contribution in [2.24, 2.45) is 5.73 Å². The van der Waals surface area contributed by atoms with Crippen LogP contribution in [0.3, 0.4) is 0 Å². The van der Waals surface area contributed by atoms with E-state index in [1.54, 1.807) is 0 Å². The number of nitrogens with one attached hydrogen (secondary N) is 1. The smallest absolute Gasteiger partial charge is 0.0411 e. The van der Waals surface area contributed by atoms with E-state index in [0.717, 1.165) is 43.7 Å². The van der Waals surface area contributed by atoms with Crippen molar-refractivity contribution in [2.45, 2.75) is 50.1 Å². The van der Waals surface area contributed by atoms with E-state index in [2.05, 4.69) is 48.6 Å². The zero-order valence-electron chi connectivity index (χ0n) is 14.4. The molecule has 1 aliphatic rings. The summed E-state index contributed by atoms with van der Waals surface area (Å²) in [5, 5.41) is 4.54. The Hall–Kier alpha value is -1.35. The van der Waals surface area contributed by atoms with Crippen molar-refractivity contribution in [3.05, 3.63) is 70.7 Å². The Bertz CT molecular complexity index is 661. The van der Waals surface area contributed by atoms with Crippen LogP contribution in [0.4, 0.5) is 0 Å². The fourth-order valence-electron chi connectivity index (χ4n) is 3.66. The third-order valence-corrected chi connectivity index (χ3v) is 5.69. The highest BCUT2D eigenvalue weighted by molar-refractivity contribution is 6.30. The summed E-state index contributed by atoms with van der Waals surface area (Å²) < 4.78 is 0. The lowest BCUT2D eigenvalue weighted by Gasteiger charge is -2.44. The molecule has 0 amide bonds. The molecule has 0 spiro atoms. The van der Waals surface area contributed by atoms with Crippen LogP contribution < -0.4 is 11.1 Å². The fraction of sp³-hybridized carbons (Fsp3) is 0.429. The van der Waals surface area contributed by atoms with Crippen molar-refractivity contribution in [3.8, 4) is 0 Å². The molecule has 2 nitrogen and oxygen atoms in total. The summed E-state index contributed by atoms with van der Waals surface area (Å²) in [4.78, 5) is 0. The molecule has 24 heavy (non-hydrogen) atoms. The van der Waals surface area contributed by atoms with Gasteiger partial charge in [-0.15, -0.1) is 0 Å². The average Bonchev–Trinajstić information content (AvgIpc) is 2.59. The highest BCUT2D eigenvalue weighted by Gasteiger charge is 2.38. The average molecular weight is 343 g/mol. The first kappa shape index (κ1) is 17.5. The lowest BCUT2D eigenvalue weighted by atomic mass is 9.70. The summed E-state index contributed by atoms with van der Waals surface area (Å²) in [6, 6.07) is 18.7. The predicted octanol–water partition coefficient (Wildman–Crippen LogP) is 4.66. The molecule has 0 radical (unpaired) electrons. The quantitative estimate of drug-likeness (QED) is 0.829. The number of rotatable bonds is 5.